The zero-order valence-corrected chi connectivity index (χ0v) is 18.1. The standard InChI is InChI=1S/C21H28Cl2N2O3/c1-3-4-8-24(2)9-5-19(27)25-10-6-21(7-11-25)14-18(26)16-12-15(22)13-17(23)20(16)28-21/h12-13H,3-11,14H2,1-2H3. The van der Waals surface area contributed by atoms with Crippen molar-refractivity contribution in [1.82, 2.24) is 9.80 Å². The Morgan fingerprint density at radius 1 is 1.25 bits per heavy atom. The van der Waals surface area contributed by atoms with Gasteiger partial charge in [0.05, 0.1) is 17.0 Å². The first-order valence-electron chi connectivity index (χ1n) is 10.0. The number of ether oxygens (including phenoxy) is 1. The van der Waals surface area contributed by atoms with Gasteiger partial charge in [-0.2, -0.15) is 0 Å². The molecule has 2 heterocycles. The lowest BCUT2D eigenvalue weighted by Gasteiger charge is -2.44. The van der Waals surface area contributed by atoms with E-state index in [9.17, 15) is 9.59 Å². The van der Waals surface area contributed by atoms with Gasteiger partial charge in [-0.05, 0) is 32.1 Å². The number of carbonyl (C=O) groups excluding carboxylic acids is 2. The van der Waals surface area contributed by atoms with Crippen molar-refractivity contribution in [3.63, 3.8) is 0 Å². The number of ketones is 1. The van der Waals surface area contributed by atoms with E-state index in [4.69, 9.17) is 27.9 Å². The number of fused-ring (bicyclic) bond motifs is 1. The highest BCUT2D eigenvalue weighted by atomic mass is 35.5. The lowest BCUT2D eigenvalue weighted by Crippen LogP contribution is -2.52. The molecule has 1 spiro atoms. The molecule has 1 amide bonds. The molecular formula is C21H28Cl2N2O3. The third-order valence-corrected chi connectivity index (χ3v) is 6.24. The van der Waals surface area contributed by atoms with Crippen LogP contribution in [0.5, 0.6) is 5.75 Å². The molecule has 3 rings (SSSR count). The molecule has 0 aromatic heterocycles. The molecular weight excluding hydrogens is 399 g/mol. The highest BCUT2D eigenvalue weighted by Gasteiger charge is 2.44. The average molecular weight is 427 g/mol. The van der Waals surface area contributed by atoms with Crippen molar-refractivity contribution in [2.75, 3.05) is 33.2 Å². The van der Waals surface area contributed by atoms with Gasteiger partial charge in [0.15, 0.2) is 5.78 Å². The molecule has 2 aliphatic rings. The van der Waals surface area contributed by atoms with Crippen molar-refractivity contribution >= 4 is 34.9 Å². The zero-order valence-electron chi connectivity index (χ0n) is 16.6. The molecule has 1 fully saturated rings. The first kappa shape index (κ1) is 21.4. The summed E-state index contributed by atoms with van der Waals surface area (Å²) >= 11 is 12.3. The van der Waals surface area contributed by atoms with Gasteiger partial charge in [0.1, 0.15) is 11.4 Å². The molecule has 28 heavy (non-hydrogen) atoms. The number of likely N-dealkylation sites (tertiary alicyclic amines) is 1. The van der Waals surface area contributed by atoms with Crippen molar-refractivity contribution in [2.45, 2.75) is 51.0 Å². The molecule has 0 atom stereocenters. The minimum atomic E-state index is -0.573. The Hall–Kier alpha value is -1.30. The minimum absolute atomic E-state index is 0.00276. The van der Waals surface area contributed by atoms with Crippen molar-refractivity contribution < 1.29 is 14.3 Å². The number of hydrogen-bond acceptors (Lipinski definition) is 4. The van der Waals surface area contributed by atoms with Crippen LogP contribution in [0.3, 0.4) is 0 Å². The molecule has 1 aromatic rings. The van der Waals surface area contributed by atoms with Gasteiger partial charge in [-0.15, -0.1) is 0 Å². The Bertz CT molecular complexity index is 745. The van der Waals surface area contributed by atoms with Gasteiger partial charge in [-0.25, -0.2) is 0 Å². The van der Waals surface area contributed by atoms with E-state index in [0.29, 0.717) is 60.1 Å². The predicted molar refractivity (Wildman–Crippen MR) is 112 cm³/mol. The Morgan fingerprint density at radius 2 is 1.96 bits per heavy atom. The smallest absolute Gasteiger partial charge is 0.223 e. The average Bonchev–Trinajstić information content (AvgIpc) is 2.66. The van der Waals surface area contributed by atoms with Crippen LogP contribution in [-0.2, 0) is 4.79 Å². The van der Waals surface area contributed by atoms with Crippen LogP contribution in [0.4, 0.5) is 0 Å². The maximum atomic E-state index is 12.7. The highest BCUT2D eigenvalue weighted by Crippen LogP contribution is 2.44. The number of piperidine rings is 1. The summed E-state index contributed by atoms with van der Waals surface area (Å²) in [6.07, 6.45) is 4.41. The molecule has 0 bridgehead atoms. The van der Waals surface area contributed by atoms with Crippen LogP contribution in [0.1, 0.15) is 55.8 Å². The van der Waals surface area contributed by atoms with E-state index in [1.807, 2.05) is 4.90 Å². The van der Waals surface area contributed by atoms with Crippen LogP contribution in [0.2, 0.25) is 10.0 Å². The van der Waals surface area contributed by atoms with Crippen LogP contribution in [0, 0.1) is 0 Å². The second kappa shape index (κ2) is 9.02. The van der Waals surface area contributed by atoms with E-state index in [2.05, 4.69) is 18.9 Å². The van der Waals surface area contributed by atoms with Gasteiger partial charge < -0.3 is 14.5 Å². The second-order valence-electron chi connectivity index (χ2n) is 7.94. The third-order valence-electron chi connectivity index (χ3n) is 5.74. The Morgan fingerprint density at radius 3 is 2.64 bits per heavy atom. The summed E-state index contributed by atoms with van der Waals surface area (Å²) in [6, 6.07) is 3.22. The molecule has 0 aliphatic carbocycles. The van der Waals surface area contributed by atoms with E-state index >= 15 is 0 Å². The van der Waals surface area contributed by atoms with Crippen LogP contribution in [0.15, 0.2) is 12.1 Å². The Labute approximate surface area is 176 Å². The van der Waals surface area contributed by atoms with E-state index in [0.717, 1.165) is 25.9 Å². The summed E-state index contributed by atoms with van der Waals surface area (Å²) in [7, 11) is 2.06. The van der Waals surface area contributed by atoms with Gasteiger partial charge >= 0.3 is 0 Å². The number of hydrogen-bond donors (Lipinski definition) is 0. The lowest BCUT2D eigenvalue weighted by atomic mass is 9.82. The first-order chi connectivity index (χ1) is 13.3. The van der Waals surface area contributed by atoms with Gasteiger partial charge in [0, 0.05) is 43.9 Å². The van der Waals surface area contributed by atoms with Crippen molar-refractivity contribution in [2.24, 2.45) is 0 Å². The van der Waals surface area contributed by atoms with E-state index in [-0.39, 0.29) is 11.7 Å². The van der Waals surface area contributed by atoms with Crippen molar-refractivity contribution in [1.29, 1.82) is 0 Å². The Kier molecular flexibility index (Phi) is 6.89. The quantitative estimate of drug-likeness (QED) is 0.674. The summed E-state index contributed by atoms with van der Waals surface area (Å²) in [5.41, 5.74) is -0.118. The van der Waals surface area contributed by atoms with E-state index in [1.165, 1.54) is 0 Å². The fourth-order valence-corrected chi connectivity index (χ4v) is 4.47. The second-order valence-corrected chi connectivity index (χ2v) is 8.78. The SMILES string of the molecule is CCCCN(C)CCC(=O)N1CCC2(CC1)CC(=O)c1cc(Cl)cc(Cl)c1O2. The first-order valence-corrected chi connectivity index (χ1v) is 10.8. The topological polar surface area (TPSA) is 49.9 Å². The molecule has 5 nitrogen and oxygen atoms in total. The summed E-state index contributed by atoms with van der Waals surface area (Å²) in [4.78, 5) is 29.3. The van der Waals surface area contributed by atoms with Crippen LogP contribution < -0.4 is 4.74 Å². The number of carbonyl (C=O) groups is 2. The van der Waals surface area contributed by atoms with Crippen LogP contribution >= 0.6 is 23.2 Å². The molecule has 154 valence electrons. The lowest BCUT2D eigenvalue weighted by molar-refractivity contribution is -0.135. The summed E-state index contributed by atoms with van der Waals surface area (Å²) < 4.78 is 6.23. The van der Waals surface area contributed by atoms with Gasteiger partial charge in [0.2, 0.25) is 5.91 Å². The molecule has 0 saturated carbocycles. The number of amides is 1. The van der Waals surface area contributed by atoms with E-state index < -0.39 is 5.60 Å². The monoisotopic (exact) mass is 426 g/mol. The van der Waals surface area contributed by atoms with Gasteiger partial charge in [0.25, 0.3) is 0 Å². The highest BCUT2D eigenvalue weighted by molar-refractivity contribution is 6.36. The largest absolute Gasteiger partial charge is 0.484 e. The number of Topliss-reactive ketones (excluding diaryl/α,β-unsaturated/α-hetero) is 1. The molecule has 1 saturated heterocycles. The van der Waals surface area contributed by atoms with E-state index in [1.54, 1.807) is 12.1 Å². The van der Waals surface area contributed by atoms with Crippen molar-refractivity contribution in [3.8, 4) is 5.75 Å². The maximum Gasteiger partial charge on any atom is 0.223 e. The number of nitrogens with zero attached hydrogens (tertiary/aromatic N) is 2. The number of halogens is 2. The van der Waals surface area contributed by atoms with Crippen LogP contribution in [-0.4, -0.2) is 60.3 Å². The predicted octanol–water partition coefficient (Wildman–Crippen LogP) is 4.44. The fraction of sp³-hybridized carbons (Fsp3) is 0.619. The number of rotatable bonds is 6. The normalized spacial score (nSPS) is 18.3. The van der Waals surface area contributed by atoms with Crippen molar-refractivity contribution in [3.05, 3.63) is 27.7 Å². The summed E-state index contributed by atoms with van der Waals surface area (Å²) in [5, 5.41) is 0.796. The Balaban J connectivity index is 1.57. The molecule has 0 unspecified atom stereocenters. The third kappa shape index (κ3) is 4.81. The molecule has 0 N–H and O–H groups in total. The summed E-state index contributed by atoms with van der Waals surface area (Å²) in [6.45, 7) is 5.17. The molecule has 1 aromatic carbocycles. The maximum absolute atomic E-state index is 12.7. The summed E-state index contributed by atoms with van der Waals surface area (Å²) in [5.74, 6) is 0.605. The number of benzene rings is 1. The van der Waals surface area contributed by atoms with Gasteiger partial charge in [-0.1, -0.05) is 36.5 Å². The molecule has 7 heteroatoms. The number of unbranched alkanes of at least 4 members (excludes halogenated alkanes) is 1. The molecule has 0 radical (unpaired) electrons. The zero-order chi connectivity index (χ0) is 20.3. The van der Waals surface area contributed by atoms with Gasteiger partial charge in [-0.3, -0.25) is 9.59 Å². The minimum Gasteiger partial charge on any atom is -0.484 e. The van der Waals surface area contributed by atoms with Crippen LogP contribution in [0.25, 0.3) is 0 Å². The fourth-order valence-electron chi connectivity index (χ4n) is 3.94. The molecule has 2 aliphatic heterocycles.